The summed E-state index contributed by atoms with van der Waals surface area (Å²) in [4.78, 5) is 0. The molecular formula is C14H13O2. The zero-order valence-electron chi connectivity index (χ0n) is 9.36. The summed E-state index contributed by atoms with van der Waals surface area (Å²) in [5.41, 5.74) is 2.12. The minimum atomic E-state index is 0.816. The molecule has 2 aromatic carbocycles. The summed E-state index contributed by atoms with van der Waals surface area (Å²) in [6.07, 6.45) is 0. The van der Waals surface area contributed by atoms with E-state index < -0.39 is 0 Å². The van der Waals surface area contributed by atoms with Crippen molar-refractivity contribution in [1.82, 2.24) is 0 Å². The van der Waals surface area contributed by atoms with Gasteiger partial charge in [-0.1, -0.05) is 24.3 Å². The van der Waals surface area contributed by atoms with Crippen molar-refractivity contribution in [2.45, 2.75) is 0 Å². The topological polar surface area (TPSA) is 18.5 Å². The van der Waals surface area contributed by atoms with Crippen LogP contribution in [0.25, 0.3) is 11.1 Å². The molecule has 0 aliphatic rings. The van der Waals surface area contributed by atoms with Crippen molar-refractivity contribution >= 4 is 0 Å². The van der Waals surface area contributed by atoms with Crippen LogP contribution in [0.5, 0.6) is 11.5 Å². The van der Waals surface area contributed by atoms with Crippen molar-refractivity contribution < 1.29 is 9.47 Å². The van der Waals surface area contributed by atoms with Gasteiger partial charge in [0.2, 0.25) is 0 Å². The minimum absolute atomic E-state index is 0.816. The summed E-state index contributed by atoms with van der Waals surface area (Å²) >= 11 is 0. The highest BCUT2D eigenvalue weighted by Crippen LogP contribution is 2.31. The van der Waals surface area contributed by atoms with Crippen LogP contribution in [0.2, 0.25) is 0 Å². The van der Waals surface area contributed by atoms with Crippen LogP contribution in [0, 0.1) is 6.07 Å². The average Bonchev–Trinajstić information content (AvgIpc) is 2.38. The van der Waals surface area contributed by atoms with Gasteiger partial charge in [0.25, 0.3) is 0 Å². The Hall–Kier alpha value is -1.96. The number of benzene rings is 2. The lowest BCUT2D eigenvalue weighted by Crippen LogP contribution is -1.88. The Morgan fingerprint density at radius 1 is 1.06 bits per heavy atom. The van der Waals surface area contributed by atoms with E-state index in [1.807, 2.05) is 42.5 Å². The first-order valence-electron chi connectivity index (χ1n) is 5.03. The fourth-order valence-electron chi connectivity index (χ4n) is 1.61. The van der Waals surface area contributed by atoms with Crippen molar-refractivity contribution in [3.8, 4) is 22.6 Å². The summed E-state index contributed by atoms with van der Waals surface area (Å²) in [6.45, 7) is 0. The van der Waals surface area contributed by atoms with Crippen LogP contribution in [0.3, 0.4) is 0 Å². The van der Waals surface area contributed by atoms with Crippen LogP contribution < -0.4 is 9.47 Å². The maximum atomic E-state index is 5.30. The molecule has 0 aliphatic heterocycles. The molecule has 0 spiro atoms. The molecule has 81 valence electrons. The number of hydrogen-bond acceptors (Lipinski definition) is 2. The molecule has 0 aliphatic carbocycles. The molecule has 1 radical (unpaired) electrons. The van der Waals surface area contributed by atoms with Crippen molar-refractivity contribution in [1.29, 1.82) is 0 Å². The second-order valence-electron chi connectivity index (χ2n) is 3.36. The predicted octanol–water partition coefficient (Wildman–Crippen LogP) is 3.17. The quantitative estimate of drug-likeness (QED) is 0.779. The Morgan fingerprint density at radius 2 is 1.94 bits per heavy atom. The van der Waals surface area contributed by atoms with Crippen LogP contribution in [0.15, 0.2) is 42.5 Å². The Balaban J connectivity index is 2.49. The van der Waals surface area contributed by atoms with Crippen molar-refractivity contribution in [3.05, 3.63) is 48.5 Å². The molecule has 2 heteroatoms. The van der Waals surface area contributed by atoms with E-state index in [-0.39, 0.29) is 0 Å². The Morgan fingerprint density at radius 3 is 2.69 bits per heavy atom. The van der Waals surface area contributed by atoms with Gasteiger partial charge >= 0.3 is 0 Å². The highest BCUT2D eigenvalue weighted by Gasteiger charge is 2.05. The molecule has 0 saturated carbocycles. The van der Waals surface area contributed by atoms with Gasteiger partial charge in [0.05, 0.1) is 14.2 Å². The van der Waals surface area contributed by atoms with Crippen LogP contribution in [-0.4, -0.2) is 14.2 Å². The number of hydrogen-bond donors (Lipinski definition) is 0. The SMILES string of the molecule is COc1cccc(-c2cc[c]cc2OC)c1. The van der Waals surface area contributed by atoms with Crippen LogP contribution in [-0.2, 0) is 0 Å². The largest absolute Gasteiger partial charge is 0.497 e. The summed E-state index contributed by atoms with van der Waals surface area (Å²) in [6, 6.07) is 16.6. The van der Waals surface area contributed by atoms with Crippen molar-refractivity contribution in [3.63, 3.8) is 0 Å². The third-order valence-corrected chi connectivity index (χ3v) is 2.43. The van der Waals surface area contributed by atoms with Gasteiger partial charge in [-0.2, -0.15) is 0 Å². The zero-order valence-corrected chi connectivity index (χ0v) is 9.36. The second-order valence-corrected chi connectivity index (χ2v) is 3.36. The molecule has 0 amide bonds. The molecule has 0 bridgehead atoms. The van der Waals surface area contributed by atoms with Gasteiger partial charge in [0.15, 0.2) is 0 Å². The molecule has 0 aromatic heterocycles. The van der Waals surface area contributed by atoms with Gasteiger partial charge in [-0.3, -0.25) is 0 Å². The van der Waals surface area contributed by atoms with Crippen LogP contribution in [0.4, 0.5) is 0 Å². The van der Waals surface area contributed by atoms with E-state index in [4.69, 9.17) is 9.47 Å². The highest BCUT2D eigenvalue weighted by atomic mass is 16.5. The lowest BCUT2D eigenvalue weighted by Gasteiger charge is -2.09. The van der Waals surface area contributed by atoms with Crippen molar-refractivity contribution in [2.24, 2.45) is 0 Å². The number of methoxy groups -OCH3 is 2. The highest BCUT2D eigenvalue weighted by molar-refractivity contribution is 5.71. The first-order chi connectivity index (χ1) is 7.85. The summed E-state index contributed by atoms with van der Waals surface area (Å²) < 4.78 is 10.5. The average molecular weight is 213 g/mol. The molecule has 2 rings (SSSR count). The minimum Gasteiger partial charge on any atom is -0.497 e. The monoisotopic (exact) mass is 213 g/mol. The Bertz CT molecular complexity index is 478. The first kappa shape index (κ1) is 10.6. The maximum absolute atomic E-state index is 5.30. The van der Waals surface area contributed by atoms with Gasteiger partial charge in [-0.25, -0.2) is 0 Å². The Kier molecular flexibility index (Phi) is 3.10. The molecule has 0 unspecified atom stereocenters. The fraction of sp³-hybridized carbons (Fsp3) is 0.143. The van der Waals surface area contributed by atoms with Gasteiger partial charge in [0.1, 0.15) is 11.5 Å². The molecule has 16 heavy (non-hydrogen) atoms. The molecule has 0 saturated heterocycles. The lowest BCUT2D eigenvalue weighted by molar-refractivity contribution is 0.413. The van der Waals surface area contributed by atoms with Gasteiger partial charge in [-0.05, 0) is 29.8 Å². The van der Waals surface area contributed by atoms with Crippen LogP contribution in [0.1, 0.15) is 0 Å². The van der Waals surface area contributed by atoms with E-state index in [0.29, 0.717) is 0 Å². The maximum Gasteiger partial charge on any atom is 0.127 e. The molecule has 0 fully saturated rings. The second kappa shape index (κ2) is 4.71. The molecule has 0 N–H and O–H groups in total. The summed E-state index contributed by atoms with van der Waals surface area (Å²) in [5, 5.41) is 0. The first-order valence-corrected chi connectivity index (χ1v) is 5.03. The number of rotatable bonds is 3. The van der Waals surface area contributed by atoms with Crippen molar-refractivity contribution in [2.75, 3.05) is 14.2 Å². The molecule has 0 heterocycles. The lowest BCUT2D eigenvalue weighted by atomic mass is 10.0. The van der Waals surface area contributed by atoms with E-state index in [0.717, 1.165) is 22.6 Å². The molecule has 2 aromatic rings. The van der Waals surface area contributed by atoms with E-state index in [9.17, 15) is 0 Å². The summed E-state index contributed by atoms with van der Waals surface area (Å²) in [5.74, 6) is 1.66. The molecule has 2 nitrogen and oxygen atoms in total. The smallest absolute Gasteiger partial charge is 0.127 e. The zero-order chi connectivity index (χ0) is 11.4. The van der Waals surface area contributed by atoms with E-state index in [2.05, 4.69) is 6.07 Å². The van der Waals surface area contributed by atoms with Gasteiger partial charge in [0, 0.05) is 5.56 Å². The fourth-order valence-corrected chi connectivity index (χ4v) is 1.61. The third kappa shape index (κ3) is 2.01. The standard InChI is InChI=1S/C14H13O2/c1-15-12-7-5-6-11(10-12)13-8-3-4-9-14(13)16-2/h3,5-10H,1-2H3. The number of ether oxygens (including phenoxy) is 2. The summed E-state index contributed by atoms with van der Waals surface area (Å²) in [7, 11) is 3.32. The predicted molar refractivity (Wildman–Crippen MR) is 63.8 cm³/mol. The van der Waals surface area contributed by atoms with E-state index >= 15 is 0 Å². The normalized spacial score (nSPS) is 9.88. The molecular weight excluding hydrogens is 200 g/mol. The third-order valence-electron chi connectivity index (χ3n) is 2.43. The molecule has 0 atom stereocenters. The Labute approximate surface area is 95.4 Å². The van der Waals surface area contributed by atoms with Crippen LogP contribution >= 0.6 is 0 Å². The van der Waals surface area contributed by atoms with Gasteiger partial charge < -0.3 is 9.47 Å². The van der Waals surface area contributed by atoms with E-state index in [1.54, 1.807) is 14.2 Å². The van der Waals surface area contributed by atoms with E-state index in [1.165, 1.54) is 0 Å². The van der Waals surface area contributed by atoms with Gasteiger partial charge in [-0.15, -0.1) is 0 Å².